The van der Waals surface area contributed by atoms with Crippen molar-refractivity contribution in [2.75, 3.05) is 27.4 Å². The third kappa shape index (κ3) is 7.54. The van der Waals surface area contributed by atoms with E-state index >= 15 is 0 Å². The molecule has 128 valence electrons. The van der Waals surface area contributed by atoms with Gasteiger partial charge < -0.3 is 18.9 Å². The number of esters is 2. The average Bonchev–Trinajstić information content (AvgIpc) is 2.56. The molecule has 0 atom stereocenters. The van der Waals surface area contributed by atoms with Crippen molar-refractivity contribution in [2.24, 2.45) is 0 Å². The van der Waals surface area contributed by atoms with Crippen molar-refractivity contribution in [1.29, 1.82) is 0 Å². The second-order valence-electron chi connectivity index (χ2n) is 4.99. The third-order valence-electron chi connectivity index (χ3n) is 3.16. The Labute approximate surface area is 136 Å². The summed E-state index contributed by atoms with van der Waals surface area (Å²) in [6.07, 6.45) is 3.43. The van der Waals surface area contributed by atoms with Crippen molar-refractivity contribution < 1.29 is 28.5 Å². The molecule has 0 radical (unpaired) electrons. The van der Waals surface area contributed by atoms with Gasteiger partial charge in [0.1, 0.15) is 11.5 Å². The van der Waals surface area contributed by atoms with Crippen LogP contribution < -0.4 is 9.47 Å². The molecular formula is C17H24O6. The van der Waals surface area contributed by atoms with Gasteiger partial charge in [-0.15, -0.1) is 0 Å². The molecule has 0 amide bonds. The number of methoxy groups -OCH3 is 2. The van der Waals surface area contributed by atoms with E-state index in [1.807, 2.05) is 0 Å². The monoisotopic (exact) mass is 324 g/mol. The van der Waals surface area contributed by atoms with Crippen LogP contribution >= 0.6 is 0 Å². The number of ether oxygens (including phenoxy) is 4. The quantitative estimate of drug-likeness (QED) is 0.487. The molecule has 0 bridgehead atoms. The van der Waals surface area contributed by atoms with E-state index in [2.05, 4.69) is 0 Å². The molecule has 6 heteroatoms. The van der Waals surface area contributed by atoms with Crippen LogP contribution in [-0.4, -0.2) is 39.4 Å². The fraction of sp³-hybridized carbons (Fsp3) is 0.529. The van der Waals surface area contributed by atoms with Crippen molar-refractivity contribution >= 4 is 11.9 Å². The molecule has 0 N–H and O–H groups in total. The van der Waals surface area contributed by atoms with E-state index in [0.717, 1.165) is 25.7 Å². The van der Waals surface area contributed by atoms with Crippen molar-refractivity contribution in [3.63, 3.8) is 0 Å². The minimum atomic E-state index is -0.401. The zero-order valence-corrected chi connectivity index (χ0v) is 13.9. The maximum atomic E-state index is 12.0. The van der Waals surface area contributed by atoms with Gasteiger partial charge >= 0.3 is 11.9 Å². The first-order valence-electron chi connectivity index (χ1n) is 7.60. The predicted molar refractivity (Wildman–Crippen MR) is 84.9 cm³/mol. The molecule has 0 aliphatic heterocycles. The molecule has 1 aromatic rings. The van der Waals surface area contributed by atoms with Gasteiger partial charge in [-0.2, -0.15) is 0 Å². The Kier molecular flexibility index (Phi) is 8.57. The Hall–Kier alpha value is -2.24. The van der Waals surface area contributed by atoms with Crippen LogP contribution in [0.15, 0.2) is 18.2 Å². The molecule has 0 saturated carbocycles. The summed E-state index contributed by atoms with van der Waals surface area (Å²) in [7, 11) is 3.05. The van der Waals surface area contributed by atoms with Crippen LogP contribution in [0.4, 0.5) is 0 Å². The largest absolute Gasteiger partial charge is 0.497 e. The van der Waals surface area contributed by atoms with E-state index in [4.69, 9.17) is 18.9 Å². The molecule has 0 unspecified atom stereocenters. The lowest BCUT2D eigenvalue weighted by Gasteiger charge is -2.09. The highest BCUT2D eigenvalue weighted by Gasteiger charge is 2.11. The number of hydrogen-bond acceptors (Lipinski definition) is 6. The predicted octanol–water partition coefficient (Wildman–Crippen LogP) is 2.98. The van der Waals surface area contributed by atoms with E-state index in [1.165, 1.54) is 21.1 Å². The van der Waals surface area contributed by atoms with E-state index < -0.39 is 5.97 Å². The average molecular weight is 324 g/mol. The molecule has 0 aromatic heterocycles. The van der Waals surface area contributed by atoms with Crippen LogP contribution in [0.3, 0.4) is 0 Å². The van der Waals surface area contributed by atoms with E-state index in [9.17, 15) is 9.59 Å². The molecule has 0 fully saturated rings. The van der Waals surface area contributed by atoms with Gasteiger partial charge in [0.25, 0.3) is 0 Å². The topological polar surface area (TPSA) is 71.1 Å². The van der Waals surface area contributed by atoms with Crippen LogP contribution in [0.1, 0.15) is 43.0 Å². The highest BCUT2D eigenvalue weighted by atomic mass is 16.5. The fourth-order valence-corrected chi connectivity index (χ4v) is 1.95. The van der Waals surface area contributed by atoms with Crippen molar-refractivity contribution in [3.05, 3.63) is 23.8 Å². The minimum absolute atomic E-state index is 0.257. The molecular weight excluding hydrogens is 300 g/mol. The summed E-state index contributed by atoms with van der Waals surface area (Å²) >= 11 is 0. The summed E-state index contributed by atoms with van der Waals surface area (Å²) in [5.74, 6) is 0.429. The van der Waals surface area contributed by atoms with Gasteiger partial charge in [0.2, 0.25) is 0 Å². The highest BCUT2D eigenvalue weighted by Crippen LogP contribution is 2.23. The zero-order valence-electron chi connectivity index (χ0n) is 13.9. The molecule has 0 aliphatic carbocycles. The van der Waals surface area contributed by atoms with Gasteiger partial charge in [-0.3, -0.25) is 4.79 Å². The van der Waals surface area contributed by atoms with Gasteiger partial charge in [0, 0.05) is 13.0 Å². The molecule has 0 heterocycles. The molecule has 0 aliphatic rings. The van der Waals surface area contributed by atoms with Gasteiger partial charge in [0.15, 0.2) is 0 Å². The third-order valence-corrected chi connectivity index (χ3v) is 3.16. The van der Waals surface area contributed by atoms with Crippen molar-refractivity contribution in [1.82, 2.24) is 0 Å². The number of unbranched alkanes of at least 4 members (excludes halogenated alkanes) is 3. The summed E-state index contributed by atoms with van der Waals surface area (Å²) in [5.41, 5.74) is 0.399. The second-order valence-corrected chi connectivity index (χ2v) is 4.99. The Morgan fingerprint density at radius 2 is 1.35 bits per heavy atom. The molecule has 1 rings (SSSR count). The SMILES string of the molecule is COc1cc(OC)cc(C(=O)OCCCCCCOC(C)=O)c1. The smallest absolute Gasteiger partial charge is 0.338 e. The first-order valence-corrected chi connectivity index (χ1v) is 7.60. The summed E-state index contributed by atoms with van der Waals surface area (Å²) in [6, 6.07) is 4.92. The molecule has 6 nitrogen and oxygen atoms in total. The lowest BCUT2D eigenvalue weighted by Crippen LogP contribution is -2.07. The number of carbonyl (C=O) groups is 2. The first kappa shape index (κ1) is 18.8. The zero-order chi connectivity index (χ0) is 17.1. The van der Waals surface area contributed by atoms with Gasteiger partial charge in [0.05, 0.1) is 33.0 Å². The lowest BCUT2D eigenvalue weighted by molar-refractivity contribution is -0.141. The molecule has 0 saturated heterocycles. The summed E-state index contributed by atoms with van der Waals surface area (Å²) in [4.78, 5) is 22.6. The number of carbonyl (C=O) groups excluding carboxylic acids is 2. The number of hydrogen-bond donors (Lipinski definition) is 0. The van der Waals surface area contributed by atoms with E-state index in [0.29, 0.717) is 30.3 Å². The van der Waals surface area contributed by atoms with Crippen LogP contribution in [0.2, 0.25) is 0 Å². The Balaban J connectivity index is 2.27. The minimum Gasteiger partial charge on any atom is -0.497 e. The van der Waals surface area contributed by atoms with Crippen molar-refractivity contribution in [2.45, 2.75) is 32.6 Å². The van der Waals surface area contributed by atoms with Crippen molar-refractivity contribution in [3.8, 4) is 11.5 Å². The fourth-order valence-electron chi connectivity index (χ4n) is 1.95. The van der Waals surface area contributed by atoms with E-state index in [1.54, 1.807) is 18.2 Å². The standard InChI is InChI=1S/C17H24O6/c1-13(18)22-8-6-4-5-7-9-23-17(19)14-10-15(20-2)12-16(11-14)21-3/h10-12H,4-9H2,1-3H3. The number of rotatable bonds is 10. The Morgan fingerprint density at radius 3 is 1.83 bits per heavy atom. The number of benzene rings is 1. The van der Waals surface area contributed by atoms with Crippen LogP contribution in [0.5, 0.6) is 11.5 Å². The van der Waals surface area contributed by atoms with Gasteiger partial charge in [-0.05, 0) is 37.8 Å². The van der Waals surface area contributed by atoms with Gasteiger partial charge in [-0.1, -0.05) is 0 Å². The van der Waals surface area contributed by atoms with Crippen LogP contribution in [0.25, 0.3) is 0 Å². The first-order chi connectivity index (χ1) is 11.1. The van der Waals surface area contributed by atoms with Gasteiger partial charge in [-0.25, -0.2) is 4.79 Å². The molecule has 1 aromatic carbocycles. The van der Waals surface area contributed by atoms with Crippen LogP contribution in [0, 0.1) is 0 Å². The van der Waals surface area contributed by atoms with Crippen LogP contribution in [-0.2, 0) is 14.3 Å². The maximum Gasteiger partial charge on any atom is 0.338 e. The second kappa shape index (κ2) is 10.5. The maximum absolute atomic E-state index is 12.0. The summed E-state index contributed by atoms with van der Waals surface area (Å²) < 4.78 is 20.3. The summed E-state index contributed by atoms with van der Waals surface area (Å²) in [6.45, 7) is 2.19. The van der Waals surface area contributed by atoms with E-state index in [-0.39, 0.29) is 5.97 Å². The molecule has 0 spiro atoms. The Morgan fingerprint density at radius 1 is 0.826 bits per heavy atom. The lowest BCUT2D eigenvalue weighted by atomic mass is 10.2. The highest BCUT2D eigenvalue weighted by molar-refractivity contribution is 5.90. The normalized spacial score (nSPS) is 10.0. The summed E-state index contributed by atoms with van der Waals surface area (Å²) in [5, 5.41) is 0. The molecule has 23 heavy (non-hydrogen) atoms. The Bertz CT molecular complexity index is 490.